The molecular weight excluding hydrogens is 264 g/mol. The molecule has 0 aliphatic heterocycles. The predicted molar refractivity (Wildman–Crippen MR) is 76.6 cm³/mol. The van der Waals surface area contributed by atoms with Crippen molar-refractivity contribution in [1.82, 2.24) is 10.0 Å². The normalized spacial score (nSPS) is 11.7. The molecule has 108 valence electrons. The summed E-state index contributed by atoms with van der Waals surface area (Å²) in [7, 11) is -1.63. The van der Waals surface area contributed by atoms with E-state index in [1.54, 1.807) is 7.11 Å². The van der Waals surface area contributed by atoms with E-state index in [-0.39, 0.29) is 5.75 Å². The number of nitrogens with one attached hydrogen (secondary N) is 2. The van der Waals surface area contributed by atoms with Crippen LogP contribution in [-0.2, 0) is 20.5 Å². The number of rotatable bonds is 9. The van der Waals surface area contributed by atoms with Crippen LogP contribution in [0.4, 0.5) is 0 Å². The van der Waals surface area contributed by atoms with Gasteiger partial charge in [-0.3, -0.25) is 0 Å². The van der Waals surface area contributed by atoms with Gasteiger partial charge in [-0.25, -0.2) is 13.1 Å². The van der Waals surface area contributed by atoms with E-state index in [9.17, 15) is 8.42 Å². The van der Waals surface area contributed by atoms with Crippen LogP contribution in [0.2, 0.25) is 0 Å². The molecular formula is C13H22N2O3S. The fraction of sp³-hybridized carbons (Fsp3) is 0.538. The summed E-state index contributed by atoms with van der Waals surface area (Å²) in [5, 5.41) is 3.08. The minimum absolute atomic E-state index is 0.0206. The van der Waals surface area contributed by atoms with Crippen LogP contribution in [-0.4, -0.2) is 41.8 Å². The highest BCUT2D eigenvalue weighted by atomic mass is 32.2. The maximum atomic E-state index is 11.8. The fourth-order valence-electron chi connectivity index (χ4n) is 1.67. The first-order valence-electron chi connectivity index (χ1n) is 6.26. The highest BCUT2D eigenvalue weighted by Crippen LogP contribution is 2.07. The van der Waals surface area contributed by atoms with Gasteiger partial charge in [-0.15, -0.1) is 0 Å². The molecule has 0 saturated heterocycles. The zero-order chi connectivity index (χ0) is 14.1. The molecule has 5 nitrogen and oxygen atoms in total. The van der Waals surface area contributed by atoms with Crippen molar-refractivity contribution in [1.29, 1.82) is 0 Å². The summed E-state index contributed by atoms with van der Waals surface area (Å²) < 4.78 is 31.1. The predicted octanol–water partition coefficient (Wildman–Crippen LogP) is 0.650. The largest absolute Gasteiger partial charge is 0.383 e. The van der Waals surface area contributed by atoms with Gasteiger partial charge in [-0.2, -0.15) is 0 Å². The summed E-state index contributed by atoms with van der Waals surface area (Å²) in [6.45, 7) is 4.27. The van der Waals surface area contributed by atoms with Gasteiger partial charge in [0.15, 0.2) is 0 Å². The van der Waals surface area contributed by atoms with Gasteiger partial charge < -0.3 is 10.1 Å². The van der Waals surface area contributed by atoms with Crippen molar-refractivity contribution >= 4 is 10.0 Å². The van der Waals surface area contributed by atoms with E-state index in [1.165, 1.54) is 0 Å². The number of hydrogen-bond donors (Lipinski definition) is 2. The van der Waals surface area contributed by atoms with Crippen LogP contribution < -0.4 is 10.0 Å². The average Bonchev–Trinajstić information content (AvgIpc) is 2.33. The van der Waals surface area contributed by atoms with Gasteiger partial charge in [0.2, 0.25) is 10.0 Å². The number of ether oxygens (including phenoxy) is 1. The smallest absolute Gasteiger partial charge is 0.215 e. The quantitative estimate of drug-likeness (QED) is 0.654. The van der Waals surface area contributed by atoms with Crippen LogP contribution in [0.25, 0.3) is 0 Å². The lowest BCUT2D eigenvalue weighted by atomic mass is 10.2. The standard InChI is InChI=1S/C13H22N2O3S/c1-12-4-3-5-13(10-12)11-19(16,17)15-7-6-14-8-9-18-2/h3-5,10,14-15H,6-9,11H2,1-2H3. The Morgan fingerprint density at radius 1 is 1.21 bits per heavy atom. The van der Waals surface area contributed by atoms with Crippen molar-refractivity contribution < 1.29 is 13.2 Å². The molecule has 0 aromatic heterocycles. The Hall–Kier alpha value is -0.950. The molecule has 0 saturated carbocycles. The molecule has 1 aromatic rings. The van der Waals surface area contributed by atoms with Gasteiger partial charge in [0.1, 0.15) is 0 Å². The molecule has 0 amide bonds. The molecule has 1 aromatic carbocycles. The summed E-state index contributed by atoms with van der Waals surface area (Å²) >= 11 is 0. The second kappa shape index (κ2) is 8.27. The van der Waals surface area contributed by atoms with Gasteiger partial charge in [0.25, 0.3) is 0 Å². The molecule has 2 N–H and O–H groups in total. The van der Waals surface area contributed by atoms with Gasteiger partial charge in [-0.05, 0) is 12.5 Å². The SMILES string of the molecule is COCCNCCNS(=O)(=O)Cc1cccc(C)c1. The lowest BCUT2D eigenvalue weighted by molar-refractivity contribution is 0.199. The Bertz CT molecular complexity index is 475. The van der Waals surface area contributed by atoms with Gasteiger partial charge in [0, 0.05) is 26.7 Å². The van der Waals surface area contributed by atoms with E-state index in [0.29, 0.717) is 19.7 Å². The van der Waals surface area contributed by atoms with Crippen LogP contribution >= 0.6 is 0 Å². The van der Waals surface area contributed by atoms with Crippen molar-refractivity contribution in [2.24, 2.45) is 0 Å². The van der Waals surface area contributed by atoms with Crippen molar-refractivity contribution in [3.05, 3.63) is 35.4 Å². The lowest BCUT2D eigenvalue weighted by Crippen LogP contribution is -2.33. The number of benzene rings is 1. The zero-order valence-corrected chi connectivity index (χ0v) is 12.3. The molecule has 0 spiro atoms. The second-order valence-corrected chi connectivity index (χ2v) is 6.19. The maximum Gasteiger partial charge on any atom is 0.215 e. The minimum Gasteiger partial charge on any atom is -0.383 e. The van der Waals surface area contributed by atoms with E-state index in [1.807, 2.05) is 31.2 Å². The van der Waals surface area contributed by atoms with E-state index < -0.39 is 10.0 Å². The third-order valence-electron chi connectivity index (χ3n) is 2.55. The first-order chi connectivity index (χ1) is 9.03. The third-order valence-corrected chi connectivity index (χ3v) is 3.90. The second-order valence-electron chi connectivity index (χ2n) is 4.39. The molecule has 1 rings (SSSR count). The summed E-state index contributed by atoms with van der Waals surface area (Å²) in [4.78, 5) is 0. The Morgan fingerprint density at radius 2 is 2.00 bits per heavy atom. The van der Waals surface area contributed by atoms with Crippen molar-refractivity contribution in [2.45, 2.75) is 12.7 Å². The summed E-state index contributed by atoms with van der Waals surface area (Å²) in [5.74, 6) is 0.0206. The highest BCUT2D eigenvalue weighted by molar-refractivity contribution is 7.88. The maximum absolute atomic E-state index is 11.8. The van der Waals surface area contributed by atoms with Crippen LogP contribution in [0.5, 0.6) is 0 Å². The van der Waals surface area contributed by atoms with Crippen molar-refractivity contribution in [3.63, 3.8) is 0 Å². The fourth-order valence-corrected chi connectivity index (χ4v) is 2.80. The number of methoxy groups -OCH3 is 1. The summed E-state index contributed by atoms with van der Waals surface area (Å²) in [6, 6.07) is 7.52. The molecule has 6 heteroatoms. The van der Waals surface area contributed by atoms with Crippen molar-refractivity contribution in [3.8, 4) is 0 Å². The lowest BCUT2D eigenvalue weighted by Gasteiger charge is -2.08. The van der Waals surface area contributed by atoms with Crippen LogP contribution in [0.15, 0.2) is 24.3 Å². The highest BCUT2D eigenvalue weighted by Gasteiger charge is 2.10. The summed E-state index contributed by atoms with van der Waals surface area (Å²) in [6.07, 6.45) is 0. The first kappa shape index (κ1) is 16.1. The van der Waals surface area contributed by atoms with E-state index in [0.717, 1.165) is 17.7 Å². The van der Waals surface area contributed by atoms with E-state index in [2.05, 4.69) is 10.0 Å². The molecule has 0 fully saturated rings. The molecule has 0 aliphatic carbocycles. The average molecular weight is 286 g/mol. The Balaban J connectivity index is 2.32. The number of hydrogen-bond acceptors (Lipinski definition) is 4. The van der Waals surface area contributed by atoms with Crippen LogP contribution in [0.1, 0.15) is 11.1 Å². The van der Waals surface area contributed by atoms with Crippen LogP contribution in [0.3, 0.4) is 0 Å². The minimum atomic E-state index is -3.27. The third kappa shape index (κ3) is 7.27. The van der Waals surface area contributed by atoms with Gasteiger partial charge in [0.05, 0.1) is 12.4 Å². The first-order valence-corrected chi connectivity index (χ1v) is 7.91. The molecule has 19 heavy (non-hydrogen) atoms. The Morgan fingerprint density at radius 3 is 2.68 bits per heavy atom. The van der Waals surface area contributed by atoms with E-state index >= 15 is 0 Å². The molecule has 0 atom stereocenters. The Kier molecular flexibility index (Phi) is 7.01. The van der Waals surface area contributed by atoms with E-state index in [4.69, 9.17) is 4.74 Å². The zero-order valence-electron chi connectivity index (χ0n) is 11.5. The Labute approximate surface area is 115 Å². The van der Waals surface area contributed by atoms with Gasteiger partial charge in [-0.1, -0.05) is 29.8 Å². The number of sulfonamides is 1. The molecule has 0 bridgehead atoms. The topological polar surface area (TPSA) is 67.4 Å². The molecule has 0 unspecified atom stereocenters. The van der Waals surface area contributed by atoms with Crippen LogP contribution in [0, 0.1) is 6.92 Å². The molecule has 0 radical (unpaired) electrons. The molecule has 0 aliphatic rings. The van der Waals surface area contributed by atoms with Gasteiger partial charge >= 0.3 is 0 Å². The van der Waals surface area contributed by atoms with Crippen molar-refractivity contribution in [2.75, 3.05) is 33.4 Å². The monoisotopic (exact) mass is 286 g/mol. The summed E-state index contributed by atoms with van der Waals surface area (Å²) in [5.41, 5.74) is 1.87. The number of aryl methyl sites for hydroxylation is 1. The molecule has 0 heterocycles.